The van der Waals surface area contributed by atoms with Gasteiger partial charge in [-0.1, -0.05) is 54.6 Å². The first-order valence-electron chi connectivity index (χ1n) is 10.0. The summed E-state index contributed by atoms with van der Waals surface area (Å²) >= 11 is 0. The molecule has 3 aromatic rings. The minimum Gasteiger partial charge on any atom is -0.489 e. The van der Waals surface area contributed by atoms with Crippen molar-refractivity contribution in [3.05, 3.63) is 95.1 Å². The predicted octanol–water partition coefficient (Wildman–Crippen LogP) is 5.38. The first kappa shape index (κ1) is 19.1. The Hall–Kier alpha value is -3.27. The number of hydrogen-bond acceptors (Lipinski definition) is 3. The van der Waals surface area contributed by atoms with E-state index in [2.05, 4.69) is 35.6 Å². The number of benzene rings is 3. The summed E-state index contributed by atoms with van der Waals surface area (Å²) in [5.74, 6) is 0.208. The van der Waals surface area contributed by atoms with Crippen LogP contribution in [-0.4, -0.2) is 11.1 Å². The highest BCUT2D eigenvalue weighted by atomic mass is 16.5. The van der Waals surface area contributed by atoms with E-state index in [0.717, 1.165) is 29.8 Å². The van der Waals surface area contributed by atoms with Gasteiger partial charge < -0.3 is 15.2 Å². The number of nitrogens with one attached hydrogen (secondary N) is 1. The number of carbonyl (C=O) groups is 1. The Bertz CT molecular complexity index is 967. The molecule has 0 radical (unpaired) electrons. The zero-order valence-corrected chi connectivity index (χ0v) is 16.3. The van der Waals surface area contributed by atoms with Crippen molar-refractivity contribution < 1.29 is 14.6 Å². The van der Waals surface area contributed by atoms with Gasteiger partial charge in [0.25, 0.3) is 0 Å². The summed E-state index contributed by atoms with van der Waals surface area (Å²) in [5.41, 5.74) is 5.85. The van der Waals surface area contributed by atoms with Crippen LogP contribution in [0.15, 0.2) is 72.8 Å². The lowest BCUT2D eigenvalue weighted by molar-refractivity contribution is -0.136. The maximum Gasteiger partial charge on any atom is 0.303 e. The van der Waals surface area contributed by atoms with Crippen LogP contribution in [0.5, 0.6) is 5.75 Å². The molecule has 0 heterocycles. The van der Waals surface area contributed by atoms with Crippen LogP contribution in [0.4, 0.5) is 5.69 Å². The van der Waals surface area contributed by atoms with Gasteiger partial charge in [0.05, 0.1) is 6.04 Å². The Morgan fingerprint density at radius 2 is 1.76 bits per heavy atom. The highest BCUT2D eigenvalue weighted by molar-refractivity contribution is 5.67. The van der Waals surface area contributed by atoms with Gasteiger partial charge in [0.2, 0.25) is 0 Å². The van der Waals surface area contributed by atoms with Crippen LogP contribution >= 0.6 is 0 Å². The molecule has 0 spiro atoms. The molecule has 0 saturated carbocycles. The summed E-state index contributed by atoms with van der Waals surface area (Å²) < 4.78 is 6.12. The third-order valence-electron chi connectivity index (χ3n) is 5.39. The van der Waals surface area contributed by atoms with Gasteiger partial charge in [-0.15, -0.1) is 0 Å². The van der Waals surface area contributed by atoms with Crippen molar-refractivity contribution in [3.63, 3.8) is 0 Å². The number of aryl methyl sites for hydroxylation is 1. The van der Waals surface area contributed by atoms with Gasteiger partial charge in [0.15, 0.2) is 0 Å². The molecule has 1 atom stereocenters. The summed E-state index contributed by atoms with van der Waals surface area (Å²) in [7, 11) is 0. The summed E-state index contributed by atoms with van der Waals surface area (Å²) in [5, 5.41) is 12.4. The number of hydrogen-bond donors (Lipinski definition) is 2. The largest absolute Gasteiger partial charge is 0.489 e. The third kappa shape index (κ3) is 4.77. The molecular weight excluding hydrogens is 362 g/mol. The smallest absolute Gasteiger partial charge is 0.303 e. The van der Waals surface area contributed by atoms with Gasteiger partial charge in [-0.3, -0.25) is 4.79 Å². The molecule has 0 amide bonds. The Balaban J connectivity index is 1.41. The molecule has 4 rings (SSSR count). The van der Waals surface area contributed by atoms with Gasteiger partial charge in [-0.25, -0.2) is 0 Å². The van der Waals surface area contributed by atoms with E-state index in [9.17, 15) is 4.79 Å². The van der Waals surface area contributed by atoms with E-state index >= 15 is 0 Å². The minimum absolute atomic E-state index is 0.161. The molecule has 2 N–H and O–H groups in total. The van der Waals surface area contributed by atoms with E-state index < -0.39 is 5.97 Å². The van der Waals surface area contributed by atoms with Gasteiger partial charge >= 0.3 is 5.97 Å². The summed E-state index contributed by atoms with van der Waals surface area (Å²) in [6.45, 7) is 0.577. The second-order valence-corrected chi connectivity index (χ2v) is 7.42. The van der Waals surface area contributed by atoms with E-state index in [1.165, 1.54) is 16.7 Å². The maximum atomic E-state index is 10.7. The predicted molar refractivity (Wildman–Crippen MR) is 114 cm³/mol. The van der Waals surface area contributed by atoms with E-state index in [1.54, 1.807) is 0 Å². The first-order valence-corrected chi connectivity index (χ1v) is 10.0. The standard InChI is InChI=1S/C25H25NO3/c27-25(28)16-11-18-9-12-20(13-10-18)26-23-15-14-22-21(23)7-4-8-24(22)29-17-19-5-2-1-3-6-19/h1-10,12-13,23,26H,11,14-17H2,(H,27,28). The Kier molecular flexibility index (Phi) is 5.80. The normalized spacial score (nSPS) is 15.0. The van der Waals surface area contributed by atoms with E-state index in [-0.39, 0.29) is 12.5 Å². The van der Waals surface area contributed by atoms with Crippen LogP contribution in [0.1, 0.15) is 41.1 Å². The quantitative estimate of drug-likeness (QED) is 0.545. The molecule has 148 valence electrons. The van der Waals surface area contributed by atoms with E-state index in [4.69, 9.17) is 9.84 Å². The molecule has 3 aromatic carbocycles. The molecular formula is C25H25NO3. The van der Waals surface area contributed by atoms with Crippen molar-refractivity contribution in [2.75, 3.05) is 5.32 Å². The number of carboxylic acid groups (broad SMARTS) is 1. The Morgan fingerprint density at radius 3 is 2.52 bits per heavy atom. The van der Waals surface area contributed by atoms with Crippen molar-refractivity contribution in [3.8, 4) is 5.75 Å². The van der Waals surface area contributed by atoms with E-state index in [0.29, 0.717) is 13.0 Å². The highest BCUT2D eigenvalue weighted by Gasteiger charge is 2.25. The molecule has 0 fully saturated rings. The maximum absolute atomic E-state index is 10.7. The fourth-order valence-electron chi connectivity index (χ4n) is 3.86. The lowest BCUT2D eigenvalue weighted by Gasteiger charge is -2.17. The van der Waals surface area contributed by atoms with Crippen molar-refractivity contribution in [2.24, 2.45) is 0 Å². The molecule has 0 bridgehead atoms. The second-order valence-electron chi connectivity index (χ2n) is 7.42. The van der Waals surface area contributed by atoms with Crippen LogP contribution in [0.3, 0.4) is 0 Å². The van der Waals surface area contributed by atoms with Gasteiger partial charge in [0.1, 0.15) is 12.4 Å². The summed E-state index contributed by atoms with van der Waals surface area (Å²) in [6.07, 6.45) is 2.75. The van der Waals surface area contributed by atoms with Gasteiger partial charge in [-0.05, 0) is 59.7 Å². The fraction of sp³-hybridized carbons (Fsp3) is 0.240. The number of rotatable bonds is 8. The minimum atomic E-state index is -0.764. The lowest BCUT2D eigenvalue weighted by atomic mass is 10.1. The molecule has 0 aliphatic heterocycles. The third-order valence-corrected chi connectivity index (χ3v) is 5.39. The fourth-order valence-corrected chi connectivity index (χ4v) is 3.86. The number of fused-ring (bicyclic) bond motifs is 1. The molecule has 4 nitrogen and oxygen atoms in total. The van der Waals surface area contributed by atoms with Crippen molar-refractivity contribution in [2.45, 2.75) is 38.3 Å². The highest BCUT2D eigenvalue weighted by Crippen LogP contribution is 2.39. The van der Waals surface area contributed by atoms with Crippen LogP contribution in [0.2, 0.25) is 0 Å². The zero-order valence-electron chi connectivity index (χ0n) is 16.3. The van der Waals surface area contributed by atoms with E-state index in [1.807, 2.05) is 42.5 Å². The van der Waals surface area contributed by atoms with Crippen LogP contribution in [0, 0.1) is 0 Å². The Labute approximate surface area is 171 Å². The van der Waals surface area contributed by atoms with Crippen LogP contribution in [0.25, 0.3) is 0 Å². The lowest BCUT2D eigenvalue weighted by Crippen LogP contribution is -2.07. The first-order chi connectivity index (χ1) is 14.2. The average molecular weight is 387 g/mol. The SMILES string of the molecule is O=C(O)CCc1ccc(NC2CCc3c(OCc4ccccc4)cccc32)cc1. The summed E-state index contributed by atoms with van der Waals surface area (Å²) in [4.78, 5) is 10.7. The molecule has 4 heteroatoms. The van der Waals surface area contributed by atoms with Crippen molar-refractivity contribution >= 4 is 11.7 Å². The summed E-state index contributed by atoms with van der Waals surface area (Å²) in [6, 6.07) is 24.8. The topological polar surface area (TPSA) is 58.6 Å². The Morgan fingerprint density at radius 1 is 0.966 bits per heavy atom. The molecule has 29 heavy (non-hydrogen) atoms. The second kappa shape index (κ2) is 8.82. The molecule has 0 aromatic heterocycles. The molecule has 0 saturated heterocycles. The molecule has 1 aliphatic carbocycles. The van der Waals surface area contributed by atoms with Crippen molar-refractivity contribution in [1.29, 1.82) is 0 Å². The molecule has 1 aliphatic rings. The van der Waals surface area contributed by atoms with Crippen LogP contribution in [-0.2, 0) is 24.2 Å². The van der Waals surface area contributed by atoms with Crippen LogP contribution < -0.4 is 10.1 Å². The molecule has 1 unspecified atom stereocenters. The van der Waals surface area contributed by atoms with Crippen molar-refractivity contribution in [1.82, 2.24) is 0 Å². The number of carboxylic acids is 1. The number of anilines is 1. The number of ether oxygens (including phenoxy) is 1. The zero-order chi connectivity index (χ0) is 20.1. The number of aliphatic carboxylic acids is 1. The monoisotopic (exact) mass is 387 g/mol. The average Bonchev–Trinajstić information content (AvgIpc) is 3.16. The van der Waals surface area contributed by atoms with Gasteiger partial charge in [0, 0.05) is 12.1 Å². The van der Waals surface area contributed by atoms with Gasteiger partial charge in [-0.2, -0.15) is 0 Å².